The van der Waals surface area contributed by atoms with Gasteiger partial charge in [-0.25, -0.2) is 28.5 Å². The molecule has 0 saturated carbocycles. The number of amidine groups is 1. The van der Waals surface area contributed by atoms with Gasteiger partial charge in [0, 0.05) is 29.5 Å². The molecular formula is C32H31F2N5O3S. The third-order valence-electron chi connectivity index (χ3n) is 6.87. The Bertz CT molecular complexity index is 1590. The number of hydrogen-bond donors (Lipinski definition) is 1. The molecule has 1 aromatic heterocycles. The Labute approximate surface area is 253 Å². The van der Waals surface area contributed by atoms with Crippen LogP contribution in [-0.4, -0.2) is 57.2 Å². The minimum Gasteiger partial charge on any atom is -0.463 e. The quantitative estimate of drug-likeness (QED) is 0.328. The van der Waals surface area contributed by atoms with Gasteiger partial charge in [0.25, 0.3) is 0 Å². The number of para-hydroxylation sites is 1. The molecule has 3 aromatic rings. The van der Waals surface area contributed by atoms with Crippen molar-refractivity contribution in [3.63, 3.8) is 0 Å². The minimum absolute atomic E-state index is 0.0162. The first-order chi connectivity index (χ1) is 20.6. The largest absolute Gasteiger partial charge is 0.463 e. The van der Waals surface area contributed by atoms with Crippen molar-refractivity contribution in [1.82, 2.24) is 14.9 Å². The summed E-state index contributed by atoms with van der Waals surface area (Å²) in [5.74, 6) is 1.69. The molecule has 0 unspecified atom stereocenters. The van der Waals surface area contributed by atoms with E-state index in [1.807, 2.05) is 30.3 Å². The average Bonchev–Trinajstić information content (AvgIpc) is 3.37. The number of rotatable bonds is 6. The highest BCUT2D eigenvalue weighted by Gasteiger charge is 2.53. The topological polar surface area (TPSA) is 88.9 Å². The van der Waals surface area contributed by atoms with Gasteiger partial charge in [0.1, 0.15) is 22.7 Å². The number of likely N-dealkylation sites (tertiary alicyclic amines) is 1. The summed E-state index contributed by atoms with van der Waals surface area (Å²) < 4.78 is 41.8. The predicted octanol–water partition coefficient (Wildman–Crippen LogP) is 6.37. The lowest BCUT2D eigenvalue weighted by atomic mass is 9.81. The van der Waals surface area contributed by atoms with Crippen LogP contribution in [0, 0.1) is 24.1 Å². The number of anilines is 1. The van der Waals surface area contributed by atoms with Crippen LogP contribution in [0.15, 0.2) is 65.9 Å². The number of amides is 1. The van der Waals surface area contributed by atoms with Crippen molar-refractivity contribution in [1.29, 1.82) is 0 Å². The molecule has 2 aliphatic heterocycles. The van der Waals surface area contributed by atoms with Gasteiger partial charge in [-0.15, -0.1) is 6.42 Å². The fourth-order valence-corrected chi connectivity index (χ4v) is 6.12. The summed E-state index contributed by atoms with van der Waals surface area (Å²) in [7, 11) is 0. The van der Waals surface area contributed by atoms with Crippen LogP contribution in [0.4, 0.5) is 19.3 Å². The molecule has 8 nitrogen and oxygen atoms in total. The number of aromatic nitrogens is 2. The molecule has 0 radical (unpaired) electrons. The third kappa shape index (κ3) is 6.97. The summed E-state index contributed by atoms with van der Waals surface area (Å²) in [4.78, 5) is 27.8. The Morgan fingerprint density at radius 2 is 2.02 bits per heavy atom. The van der Waals surface area contributed by atoms with Gasteiger partial charge in [0.05, 0.1) is 18.9 Å². The van der Waals surface area contributed by atoms with E-state index in [1.54, 1.807) is 31.7 Å². The summed E-state index contributed by atoms with van der Waals surface area (Å²) in [6.45, 7) is 5.85. The van der Waals surface area contributed by atoms with Crippen LogP contribution < -0.4 is 10.1 Å². The smallest absolute Gasteiger partial charge is 0.410 e. The van der Waals surface area contributed by atoms with Crippen molar-refractivity contribution >= 4 is 40.6 Å². The minimum atomic E-state index is -1.13. The Morgan fingerprint density at radius 1 is 1.23 bits per heavy atom. The first kappa shape index (κ1) is 30.0. The lowest BCUT2D eigenvalue weighted by molar-refractivity contribution is 0.0282. The second kappa shape index (κ2) is 12.4. The second-order valence-electron chi connectivity index (χ2n) is 11.2. The van der Waals surface area contributed by atoms with Crippen LogP contribution in [-0.2, 0) is 10.3 Å². The fourth-order valence-electron chi connectivity index (χ4n) is 4.97. The molecule has 2 aliphatic rings. The second-order valence-corrected chi connectivity index (χ2v) is 12.2. The molecule has 3 heterocycles. The number of hydrogen-bond acceptors (Lipinski definition) is 8. The zero-order valence-electron chi connectivity index (χ0n) is 24.0. The number of nitrogens with zero attached hydrogens (tertiary/aromatic N) is 4. The van der Waals surface area contributed by atoms with Gasteiger partial charge in [0.2, 0.25) is 5.88 Å². The van der Waals surface area contributed by atoms with E-state index >= 15 is 8.78 Å². The SMILES string of the molecule is C#CCOc1cnc(/C(F)=C/c2ccc(F)c([C@]34CN(C(=O)OC(C)(C)C)C[C@@H]3CSC(Nc3ccccc3)=N4)c2)cn1. The summed E-state index contributed by atoms with van der Waals surface area (Å²) in [6.07, 6.45) is 8.45. The normalized spacial score (nSPS) is 20.1. The zero-order valence-corrected chi connectivity index (χ0v) is 24.8. The van der Waals surface area contributed by atoms with Gasteiger partial charge in [-0.05, 0) is 56.7 Å². The predicted molar refractivity (Wildman–Crippen MR) is 165 cm³/mol. The standard InChI is InChI=1S/C32H31F2N5O3S/c1-5-13-41-28-17-35-27(16-36-28)26(34)15-21-11-12-25(33)24(14-21)32-20-39(30(40)42-31(2,3)4)18-22(32)19-43-29(38-32)37-23-9-7-6-8-10-23/h1,6-12,14-17,22H,13,18-20H2,2-4H3,(H,37,38)/b26-15-/t22-,32+/m1/s1. The van der Waals surface area contributed by atoms with Crippen LogP contribution in [0.2, 0.25) is 0 Å². The average molecular weight is 604 g/mol. The molecule has 1 fully saturated rings. The molecule has 11 heteroatoms. The molecule has 5 rings (SSSR count). The van der Waals surface area contributed by atoms with Gasteiger partial charge in [0.15, 0.2) is 17.6 Å². The van der Waals surface area contributed by atoms with Crippen molar-refractivity contribution in [3.8, 4) is 18.2 Å². The van der Waals surface area contributed by atoms with E-state index in [-0.39, 0.29) is 36.2 Å². The van der Waals surface area contributed by atoms with Crippen molar-refractivity contribution in [2.24, 2.45) is 10.9 Å². The number of ether oxygens (including phenoxy) is 2. The maximum Gasteiger partial charge on any atom is 0.410 e. The summed E-state index contributed by atoms with van der Waals surface area (Å²) in [6, 6.07) is 13.9. The Balaban J connectivity index is 1.51. The summed E-state index contributed by atoms with van der Waals surface area (Å²) in [5.41, 5.74) is -0.341. The van der Waals surface area contributed by atoms with Crippen LogP contribution in [0.5, 0.6) is 5.88 Å². The lowest BCUT2D eigenvalue weighted by Gasteiger charge is -2.36. The van der Waals surface area contributed by atoms with E-state index in [4.69, 9.17) is 20.9 Å². The van der Waals surface area contributed by atoms with Gasteiger partial charge < -0.3 is 19.7 Å². The Hall–Kier alpha value is -4.43. The molecule has 2 atom stereocenters. The first-order valence-electron chi connectivity index (χ1n) is 13.6. The van der Waals surface area contributed by atoms with Gasteiger partial charge in [-0.3, -0.25) is 0 Å². The maximum absolute atomic E-state index is 15.8. The van der Waals surface area contributed by atoms with E-state index in [1.165, 1.54) is 42.4 Å². The number of fused-ring (bicyclic) bond motifs is 1. The molecule has 222 valence electrons. The number of halogens is 2. The van der Waals surface area contributed by atoms with E-state index in [2.05, 4.69) is 21.2 Å². The molecule has 0 spiro atoms. The molecule has 0 aliphatic carbocycles. The van der Waals surface area contributed by atoms with Crippen LogP contribution in [0.1, 0.15) is 37.6 Å². The highest BCUT2D eigenvalue weighted by molar-refractivity contribution is 8.14. The number of terminal acetylenes is 1. The summed E-state index contributed by atoms with van der Waals surface area (Å²) >= 11 is 1.51. The van der Waals surface area contributed by atoms with Crippen LogP contribution >= 0.6 is 11.8 Å². The monoisotopic (exact) mass is 603 g/mol. The van der Waals surface area contributed by atoms with Crippen molar-refractivity contribution in [2.45, 2.75) is 31.9 Å². The summed E-state index contributed by atoms with van der Waals surface area (Å²) in [5, 5.41) is 3.92. The fraction of sp³-hybridized carbons (Fsp3) is 0.312. The van der Waals surface area contributed by atoms with E-state index < -0.39 is 28.9 Å². The number of carbonyl (C=O) groups excluding carboxylic acids is 1. The molecule has 1 amide bonds. The number of thioether (sulfide) groups is 1. The third-order valence-corrected chi connectivity index (χ3v) is 7.91. The number of nitrogens with one attached hydrogen (secondary N) is 1. The molecule has 1 N–H and O–H groups in total. The van der Waals surface area contributed by atoms with Crippen molar-refractivity contribution in [3.05, 3.63) is 83.6 Å². The first-order valence-corrected chi connectivity index (χ1v) is 14.6. The highest BCUT2D eigenvalue weighted by Crippen LogP contribution is 2.47. The van der Waals surface area contributed by atoms with E-state index in [9.17, 15) is 4.79 Å². The number of benzene rings is 2. The molecule has 1 saturated heterocycles. The zero-order chi connectivity index (χ0) is 30.6. The van der Waals surface area contributed by atoms with Crippen LogP contribution in [0.25, 0.3) is 11.9 Å². The van der Waals surface area contributed by atoms with E-state index in [0.29, 0.717) is 23.0 Å². The van der Waals surface area contributed by atoms with Crippen LogP contribution in [0.3, 0.4) is 0 Å². The number of carbonyl (C=O) groups is 1. The van der Waals surface area contributed by atoms with Crippen molar-refractivity contribution < 1.29 is 23.0 Å². The molecular weight excluding hydrogens is 572 g/mol. The molecule has 43 heavy (non-hydrogen) atoms. The highest BCUT2D eigenvalue weighted by atomic mass is 32.2. The van der Waals surface area contributed by atoms with Gasteiger partial charge >= 0.3 is 6.09 Å². The molecule has 0 bridgehead atoms. The van der Waals surface area contributed by atoms with Crippen molar-refractivity contribution in [2.75, 3.05) is 30.8 Å². The Morgan fingerprint density at radius 3 is 2.72 bits per heavy atom. The number of aliphatic imine (C=N–C) groups is 1. The molecule has 2 aromatic carbocycles. The van der Waals surface area contributed by atoms with Gasteiger partial charge in [-0.2, -0.15) is 0 Å². The lowest BCUT2D eigenvalue weighted by Crippen LogP contribution is -2.41. The Kier molecular flexibility index (Phi) is 8.69. The maximum atomic E-state index is 15.8. The van der Waals surface area contributed by atoms with Gasteiger partial charge in [-0.1, -0.05) is 41.9 Å². The van der Waals surface area contributed by atoms with E-state index in [0.717, 1.165) is 5.69 Å².